The highest BCUT2D eigenvalue weighted by molar-refractivity contribution is 7.13. The second kappa shape index (κ2) is 10.0. The van der Waals surface area contributed by atoms with Gasteiger partial charge in [0, 0.05) is 11.6 Å². The molecule has 10 heteroatoms. The van der Waals surface area contributed by atoms with Gasteiger partial charge < -0.3 is 14.6 Å². The lowest BCUT2D eigenvalue weighted by molar-refractivity contribution is -0.274. The second-order valence-corrected chi connectivity index (χ2v) is 8.28. The van der Waals surface area contributed by atoms with Gasteiger partial charge in [0.1, 0.15) is 27.9 Å². The second-order valence-electron chi connectivity index (χ2n) is 7.25. The molecule has 6 nitrogen and oxygen atoms in total. The Kier molecular flexibility index (Phi) is 7.37. The molecule has 2 aromatic carbocycles. The number of methoxy groups -OCH3 is 1. The van der Waals surface area contributed by atoms with E-state index in [1.807, 2.05) is 13.0 Å². The molecule has 174 valence electrons. The minimum atomic E-state index is -4.94. The molecule has 0 amide bonds. The molecule has 0 saturated heterocycles. The molecule has 0 spiro atoms. The summed E-state index contributed by atoms with van der Waals surface area (Å²) in [4.78, 5) is 4.68. The molecule has 33 heavy (non-hydrogen) atoms. The number of benzene rings is 2. The van der Waals surface area contributed by atoms with Gasteiger partial charge in [-0.1, -0.05) is 26.0 Å². The molecule has 0 bridgehead atoms. The average molecular weight is 478 g/mol. The minimum absolute atomic E-state index is 0.201. The highest BCUT2D eigenvalue weighted by atomic mass is 32.1. The fraction of sp³-hybridized carbons (Fsp3) is 0.261. The molecule has 0 saturated carbocycles. The van der Waals surface area contributed by atoms with Crippen LogP contribution >= 0.6 is 11.3 Å². The minimum Gasteiger partial charge on any atom is -0.508 e. The van der Waals surface area contributed by atoms with Gasteiger partial charge in [0.2, 0.25) is 0 Å². The van der Waals surface area contributed by atoms with Gasteiger partial charge in [-0.05, 0) is 43.2 Å². The number of azo groups is 1. The van der Waals surface area contributed by atoms with E-state index in [1.54, 1.807) is 29.5 Å². The summed E-state index contributed by atoms with van der Waals surface area (Å²) < 4.78 is 48.4. The Hall–Kier alpha value is -3.40. The van der Waals surface area contributed by atoms with Crippen LogP contribution in [0.4, 0.5) is 24.5 Å². The van der Waals surface area contributed by atoms with Crippen molar-refractivity contribution in [3.05, 3.63) is 46.3 Å². The maximum absolute atomic E-state index is 12.7. The number of hydrogen-bond acceptors (Lipinski definition) is 7. The molecule has 1 heterocycles. The van der Waals surface area contributed by atoms with Crippen molar-refractivity contribution in [2.75, 3.05) is 7.11 Å². The predicted octanol–water partition coefficient (Wildman–Crippen LogP) is 6.08. The molecule has 0 aliphatic carbocycles. The lowest BCUT2D eigenvalue weighted by Gasteiger charge is -2.11. The van der Waals surface area contributed by atoms with E-state index in [-0.39, 0.29) is 5.69 Å². The summed E-state index contributed by atoms with van der Waals surface area (Å²) in [5.41, 5.74) is 0.918. The summed E-state index contributed by atoms with van der Waals surface area (Å²) in [5, 5.41) is 19.1. The quantitative estimate of drug-likeness (QED) is 0.437. The number of aromatic nitrogens is 1. The monoisotopic (exact) mass is 477 g/mol. The zero-order valence-electron chi connectivity index (χ0n) is 18.3. The zero-order valence-corrected chi connectivity index (χ0v) is 19.2. The smallest absolute Gasteiger partial charge is 0.508 e. The van der Waals surface area contributed by atoms with Crippen LogP contribution in [0.25, 0.3) is 22.7 Å². The zero-order chi connectivity index (χ0) is 24.2. The van der Waals surface area contributed by atoms with E-state index >= 15 is 0 Å². The van der Waals surface area contributed by atoms with Gasteiger partial charge in [0.05, 0.1) is 17.0 Å². The Morgan fingerprint density at radius 1 is 1.06 bits per heavy atom. The molecule has 1 N–H and O–H groups in total. The maximum atomic E-state index is 12.7. The van der Waals surface area contributed by atoms with Crippen molar-refractivity contribution < 1.29 is 27.8 Å². The largest absolute Gasteiger partial charge is 0.573 e. The lowest BCUT2D eigenvalue weighted by atomic mass is 10.2. The highest BCUT2D eigenvalue weighted by Gasteiger charge is 2.32. The number of nitrogens with zero attached hydrogens (tertiary/aromatic N) is 3. The Bertz CT molecular complexity index is 1280. The van der Waals surface area contributed by atoms with Gasteiger partial charge in [-0.2, -0.15) is 0 Å². The molecule has 1 aromatic heterocycles. The van der Waals surface area contributed by atoms with Crippen molar-refractivity contribution in [2.45, 2.75) is 27.1 Å². The summed E-state index contributed by atoms with van der Waals surface area (Å²) >= 11 is 1.56. The summed E-state index contributed by atoms with van der Waals surface area (Å²) in [6.07, 6.45) is -0.841. The number of rotatable bonds is 6. The Balaban J connectivity index is 1.97. The molecule has 3 rings (SSSR count). The van der Waals surface area contributed by atoms with Crippen molar-refractivity contribution >= 4 is 34.9 Å². The standard InChI is InChI=1S/C23H22F3N3O3S/c1-5-16-21(10-13(2)3)33-22(27-16)14-6-8-17(19(11-14)31-4)28-29-18-9-7-15(30)12-20(18)32-23(24,25)26/h5-13,30H,1-4H3. The summed E-state index contributed by atoms with van der Waals surface area (Å²) in [6.45, 7) is 6.13. The van der Waals surface area contributed by atoms with Gasteiger partial charge in [-0.15, -0.1) is 34.7 Å². The fourth-order valence-corrected chi connectivity index (χ4v) is 4.09. The molecular weight excluding hydrogens is 455 g/mol. The van der Waals surface area contributed by atoms with Crippen LogP contribution in [-0.4, -0.2) is 23.6 Å². The van der Waals surface area contributed by atoms with Crippen molar-refractivity contribution in [1.29, 1.82) is 0 Å². The molecule has 0 unspecified atom stereocenters. The van der Waals surface area contributed by atoms with Crippen molar-refractivity contribution in [2.24, 2.45) is 16.1 Å². The molecule has 3 aromatic rings. The van der Waals surface area contributed by atoms with E-state index in [9.17, 15) is 18.3 Å². The number of thiazole rings is 1. The van der Waals surface area contributed by atoms with Gasteiger partial charge in [0.15, 0.2) is 5.75 Å². The third-order valence-electron chi connectivity index (χ3n) is 4.30. The van der Waals surface area contributed by atoms with E-state index in [2.05, 4.69) is 39.9 Å². The number of ether oxygens (including phenoxy) is 2. The van der Waals surface area contributed by atoms with Crippen LogP contribution < -0.4 is 19.4 Å². The molecule has 0 radical (unpaired) electrons. The average Bonchev–Trinajstić information content (AvgIpc) is 3.14. The van der Waals surface area contributed by atoms with E-state index in [0.29, 0.717) is 17.4 Å². The molecule has 0 atom stereocenters. The number of hydrogen-bond donors (Lipinski definition) is 1. The molecule has 0 fully saturated rings. The van der Waals surface area contributed by atoms with E-state index in [4.69, 9.17) is 4.74 Å². The number of phenols is 1. The van der Waals surface area contributed by atoms with Crippen LogP contribution in [0.3, 0.4) is 0 Å². The Morgan fingerprint density at radius 2 is 1.73 bits per heavy atom. The number of halogens is 3. The SMILES string of the molecule is CC=c1nc(-c2ccc(N=Nc3ccc(O)cc3OC(F)(F)F)c(OC)c2)sc1=CC(C)C. The van der Waals surface area contributed by atoms with E-state index in [0.717, 1.165) is 26.5 Å². The van der Waals surface area contributed by atoms with Crippen molar-refractivity contribution in [1.82, 2.24) is 4.98 Å². The first-order valence-electron chi connectivity index (χ1n) is 9.93. The van der Waals surface area contributed by atoms with E-state index < -0.39 is 17.9 Å². The van der Waals surface area contributed by atoms with Gasteiger partial charge in [-0.25, -0.2) is 4.98 Å². The van der Waals surface area contributed by atoms with E-state index in [1.165, 1.54) is 19.2 Å². The van der Waals surface area contributed by atoms with Crippen molar-refractivity contribution in [3.8, 4) is 27.8 Å². The third kappa shape index (κ3) is 6.32. The molecule has 0 aliphatic rings. The van der Waals surface area contributed by atoms with Crippen LogP contribution in [0.1, 0.15) is 20.8 Å². The fourth-order valence-electron chi connectivity index (χ4n) is 2.89. The van der Waals surface area contributed by atoms with Crippen LogP contribution in [-0.2, 0) is 0 Å². The van der Waals surface area contributed by atoms with Crippen molar-refractivity contribution in [3.63, 3.8) is 0 Å². The maximum Gasteiger partial charge on any atom is 0.573 e. The first kappa shape index (κ1) is 24.2. The highest BCUT2D eigenvalue weighted by Crippen LogP contribution is 2.38. The van der Waals surface area contributed by atoms with Crippen LogP contribution in [0.2, 0.25) is 0 Å². The Labute approximate surface area is 192 Å². The first-order valence-corrected chi connectivity index (χ1v) is 10.7. The summed E-state index contributed by atoms with van der Waals surface area (Å²) in [6, 6.07) is 8.36. The third-order valence-corrected chi connectivity index (χ3v) is 5.39. The molecular formula is C23H22F3N3O3S. The topological polar surface area (TPSA) is 76.3 Å². The summed E-state index contributed by atoms with van der Waals surface area (Å²) in [7, 11) is 1.46. The van der Waals surface area contributed by atoms with Gasteiger partial charge in [0.25, 0.3) is 0 Å². The predicted molar refractivity (Wildman–Crippen MR) is 122 cm³/mol. The number of phenolic OH excluding ortho intramolecular Hbond substituents is 1. The van der Waals surface area contributed by atoms with Crippen LogP contribution in [0.15, 0.2) is 46.6 Å². The molecule has 0 aliphatic heterocycles. The normalized spacial score (nSPS) is 13.3. The lowest BCUT2D eigenvalue weighted by Crippen LogP contribution is -2.20. The first-order chi connectivity index (χ1) is 15.6. The van der Waals surface area contributed by atoms with Gasteiger partial charge in [-0.3, -0.25) is 0 Å². The van der Waals surface area contributed by atoms with Crippen LogP contribution in [0, 0.1) is 5.92 Å². The van der Waals surface area contributed by atoms with Gasteiger partial charge >= 0.3 is 6.36 Å². The number of alkyl halides is 3. The number of aromatic hydroxyl groups is 1. The Morgan fingerprint density at radius 3 is 2.33 bits per heavy atom. The van der Waals surface area contributed by atoms with Crippen LogP contribution in [0.5, 0.6) is 17.2 Å². The summed E-state index contributed by atoms with van der Waals surface area (Å²) in [5.74, 6) is -0.307.